The van der Waals surface area contributed by atoms with E-state index in [9.17, 15) is 19.4 Å². The zero-order valence-electron chi connectivity index (χ0n) is 16.6. The van der Waals surface area contributed by atoms with E-state index >= 15 is 0 Å². The summed E-state index contributed by atoms with van der Waals surface area (Å²) in [5.74, 6) is -0.736. The third kappa shape index (κ3) is 4.43. The lowest BCUT2D eigenvalue weighted by atomic mass is 10.1. The van der Waals surface area contributed by atoms with Crippen LogP contribution in [-0.4, -0.2) is 54.0 Å². The summed E-state index contributed by atoms with van der Waals surface area (Å²) in [5.41, 5.74) is 1.02. The number of aliphatic hydroxyl groups excluding tert-OH is 2. The van der Waals surface area contributed by atoms with Gasteiger partial charge in [0.1, 0.15) is 29.8 Å². The van der Waals surface area contributed by atoms with Crippen LogP contribution in [0.3, 0.4) is 0 Å². The quantitative estimate of drug-likeness (QED) is 0.499. The number of halogens is 2. The van der Waals surface area contributed by atoms with Crippen molar-refractivity contribution < 1.29 is 19.4 Å². The molecule has 0 amide bonds. The molecule has 1 saturated carbocycles. The molecule has 3 N–H and O–H groups in total. The van der Waals surface area contributed by atoms with E-state index in [-0.39, 0.29) is 34.6 Å². The molecular weight excluding hydrogens is 425 g/mol. The first kappa shape index (κ1) is 21.4. The molecule has 10 heteroatoms. The Kier molecular flexibility index (Phi) is 5.99. The molecule has 0 radical (unpaired) electrons. The van der Waals surface area contributed by atoms with Crippen LogP contribution in [0.25, 0.3) is 0 Å². The van der Waals surface area contributed by atoms with Crippen LogP contribution in [0.1, 0.15) is 35.0 Å². The molecule has 8 nitrogen and oxygen atoms in total. The smallest absolute Gasteiger partial charge is 0.218 e. The van der Waals surface area contributed by atoms with Crippen molar-refractivity contribution in [2.24, 2.45) is 5.92 Å². The second kappa shape index (κ2) is 8.70. The molecule has 0 spiro atoms. The first-order chi connectivity index (χ1) is 14.8. The predicted molar refractivity (Wildman–Crippen MR) is 111 cm³/mol. The number of aliphatic hydroxyl groups is 2. The van der Waals surface area contributed by atoms with Crippen LogP contribution in [0, 0.1) is 11.7 Å². The van der Waals surface area contributed by atoms with Crippen LogP contribution in [-0.2, 0) is 6.54 Å². The number of carbonyl (C=O) groups is 1. The Morgan fingerprint density at radius 2 is 2.13 bits per heavy atom. The Morgan fingerprint density at radius 3 is 2.84 bits per heavy atom. The second-order valence-corrected chi connectivity index (χ2v) is 8.11. The molecule has 162 valence electrons. The average molecular weight is 446 g/mol. The fourth-order valence-corrected chi connectivity index (χ4v) is 3.84. The SMILES string of the molecule is C[C@@H]1C[C@@H](Nc2ncncc2C(=O)c2ccn(Cc3ccc(Cl)c(F)c3)n2)[C@H](O)[C@@H]1O. The number of carbonyl (C=O) groups excluding carboxylic acids is 1. The largest absolute Gasteiger partial charge is 0.390 e. The zero-order chi connectivity index (χ0) is 22.1. The van der Waals surface area contributed by atoms with Crippen molar-refractivity contribution >= 4 is 23.2 Å². The van der Waals surface area contributed by atoms with Crippen molar-refractivity contribution in [3.63, 3.8) is 0 Å². The minimum absolute atomic E-state index is 0.0403. The van der Waals surface area contributed by atoms with Gasteiger partial charge in [-0.3, -0.25) is 9.48 Å². The van der Waals surface area contributed by atoms with E-state index < -0.39 is 29.9 Å². The molecule has 0 saturated heterocycles. The van der Waals surface area contributed by atoms with Crippen LogP contribution in [0.5, 0.6) is 0 Å². The molecule has 3 aromatic rings. The van der Waals surface area contributed by atoms with E-state index in [1.165, 1.54) is 29.3 Å². The van der Waals surface area contributed by atoms with Crippen molar-refractivity contribution in [1.29, 1.82) is 0 Å². The Morgan fingerprint density at radius 1 is 1.32 bits per heavy atom. The van der Waals surface area contributed by atoms with Gasteiger partial charge in [-0.1, -0.05) is 24.6 Å². The van der Waals surface area contributed by atoms with Crippen molar-refractivity contribution in [2.75, 3.05) is 5.32 Å². The van der Waals surface area contributed by atoms with Gasteiger partial charge < -0.3 is 15.5 Å². The van der Waals surface area contributed by atoms with E-state index in [1.54, 1.807) is 18.3 Å². The molecule has 1 aromatic carbocycles. The Labute approximate surface area is 182 Å². The summed E-state index contributed by atoms with van der Waals surface area (Å²) in [7, 11) is 0. The number of hydrogen-bond acceptors (Lipinski definition) is 7. The summed E-state index contributed by atoms with van der Waals surface area (Å²) < 4.78 is 15.2. The fraction of sp³-hybridized carbons (Fsp3) is 0.333. The number of rotatable bonds is 6. The van der Waals surface area contributed by atoms with Gasteiger partial charge >= 0.3 is 0 Å². The summed E-state index contributed by atoms with van der Waals surface area (Å²) in [5, 5.41) is 27.6. The van der Waals surface area contributed by atoms with Crippen molar-refractivity contribution in [2.45, 2.75) is 38.1 Å². The molecule has 1 fully saturated rings. The highest BCUT2D eigenvalue weighted by molar-refractivity contribution is 6.30. The van der Waals surface area contributed by atoms with E-state index in [0.717, 1.165) is 0 Å². The molecule has 1 aliphatic rings. The van der Waals surface area contributed by atoms with Gasteiger partial charge in [0, 0.05) is 12.4 Å². The maximum Gasteiger partial charge on any atom is 0.218 e. The summed E-state index contributed by atoms with van der Waals surface area (Å²) in [6, 6.07) is 5.59. The lowest BCUT2D eigenvalue weighted by Crippen LogP contribution is -2.35. The summed E-state index contributed by atoms with van der Waals surface area (Å²) in [6.45, 7) is 2.11. The number of anilines is 1. The molecule has 0 unspecified atom stereocenters. The lowest BCUT2D eigenvalue weighted by molar-refractivity contribution is 0.0210. The summed E-state index contributed by atoms with van der Waals surface area (Å²) in [6.07, 6.45) is 3.03. The number of benzene rings is 1. The highest BCUT2D eigenvalue weighted by Gasteiger charge is 2.39. The molecule has 2 aromatic heterocycles. The standard InChI is InChI=1S/C21H21ClFN5O3/c1-11-6-17(20(31)18(11)29)26-21-13(8-24-10-25-21)19(30)16-4-5-28(27-16)9-12-2-3-14(22)15(23)7-12/h2-5,7-8,10-11,17-18,20,29,31H,6,9H2,1H3,(H,24,25,26)/t11-,17-,18-,20+/m1/s1. The average Bonchev–Trinajstić information content (AvgIpc) is 3.31. The second-order valence-electron chi connectivity index (χ2n) is 7.71. The summed E-state index contributed by atoms with van der Waals surface area (Å²) in [4.78, 5) is 21.1. The maximum atomic E-state index is 13.7. The molecule has 4 atom stereocenters. The van der Waals surface area contributed by atoms with Gasteiger partial charge in [-0.25, -0.2) is 14.4 Å². The first-order valence-corrected chi connectivity index (χ1v) is 10.2. The number of aromatic nitrogens is 4. The van der Waals surface area contributed by atoms with Gasteiger partial charge in [-0.2, -0.15) is 5.10 Å². The molecule has 31 heavy (non-hydrogen) atoms. The molecule has 1 aliphatic carbocycles. The third-order valence-corrected chi connectivity index (χ3v) is 5.76. The highest BCUT2D eigenvalue weighted by atomic mass is 35.5. The molecule has 0 bridgehead atoms. The normalized spacial score (nSPS) is 23.1. The van der Waals surface area contributed by atoms with Gasteiger partial charge in [0.2, 0.25) is 5.78 Å². The molecule has 4 rings (SSSR count). The monoisotopic (exact) mass is 445 g/mol. The van der Waals surface area contributed by atoms with Gasteiger partial charge in [-0.05, 0) is 36.1 Å². The van der Waals surface area contributed by atoms with Crippen molar-refractivity contribution in [3.8, 4) is 0 Å². The Balaban J connectivity index is 1.52. The molecule has 2 heterocycles. The lowest BCUT2D eigenvalue weighted by Gasteiger charge is -2.19. The fourth-order valence-electron chi connectivity index (χ4n) is 3.72. The Bertz CT molecular complexity index is 1110. The number of ketones is 1. The predicted octanol–water partition coefficient (Wildman–Crippen LogP) is 2.29. The van der Waals surface area contributed by atoms with Gasteiger partial charge in [-0.15, -0.1) is 0 Å². The van der Waals surface area contributed by atoms with Crippen LogP contribution in [0.4, 0.5) is 10.2 Å². The van der Waals surface area contributed by atoms with E-state index in [0.29, 0.717) is 12.0 Å². The molecular formula is C21H21ClFN5O3. The summed E-state index contributed by atoms with van der Waals surface area (Å²) >= 11 is 5.71. The minimum Gasteiger partial charge on any atom is -0.390 e. The molecule has 0 aliphatic heterocycles. The van der Waals surface area contributed by atoms with Crippen LogP contribution < -0.4 is 5.32 Å². The van der Waals surface area contributed by atoms with Crippen molar-refractivity contribution in [3.05, 3.63) is 70.6 Å². The van der Waals surface area contributed by atoms with E-state index in [1.807, 2.05) is 6.92 Å². The van der Waals surface area contributed by atoms with Gasteiger partial charge in [0.05, 0.1) is 29.3 Å². The van der Waals surface area contributed by atoms with Crippen LogP contribution in [0.15, 0.2) is 43.0 Å². The van der Waals surface area contributed by atoms with E-state index in [2.05, 4.69) is 20.4 Å². The number of nitrogens with one attached hydrogen (secondary N) is 1. The zero-order valence-corrected chi connectivity index (χ0v) is 17.4. The topological polar surface area (TPSA) is 113 Å². The maximum absolute atomic E-state index is 13.7. The van der Waals surface area contributed by atoms with Crippen LogP contribution in [0.2, 0.25) is 5.02 Å². The van der Waals surface area contributed by atoms with Crippen LogP contribution >= 0.6 is 11.6 Å². The highest BCUT2D eigenvalue weighted by Crippen LogP contribution is 2.29. The van der Waals surface area contributed by atoms with Gasteiger partial charge in [0.25, 0.3) is 0 Å². The third-order valence-electron chi connectivity index (χ3n) is 5.45. The van der Waals surface area contributed by atoms with E-state index in [4.69, 9.17) is 11.6 Å². The number of hydrogen-bond donors (Lipinski definition) is 3. The Hall–Kier alpha value is -2.88. The minimum atomic E-state index is -0.966. The first-order valence-electron chi connectivity index (χ1n) is 9.78. The number of nitrogens with zero attached hydrogens (tertiary/aromatic N) is 4. The van der Waals surface area contributed by atoms with Crippen molar-refractivity contribution in [1.82, 2.24) is 19.7 Å². The van der Waals surface area contributed by atoms with Gasteiger partial charge in [0.15, 0.2) is 0 Å².